The second kappa shape index (κ2) is 5.32. The molecule has 13 heavy (non-hydrogen) atoms. The van der Waals surface area contributed by atoms with Gasteiger partial charge in [-0.1, -0.05) is 23.2 Å². The van der Waals surface area contributed by atoms with Crippen molar-refractivity contribution >= 4 is 23.2 Å². The molecule has 1 rings (SSSR count). The van der Waals surface area contributed by atoms with Gasteiger partial charge in [-0.25, -0.2) is 0 Å². The average Bonchev–Trinajstić information content (AvgIpc) is 2.12. The molecule has 0 aliphatic carbocycles. The van der Waals surface area contributed by atoms with Gasteiger partial charge in [0.1, 0.15) is 18.9 Å². The lowest BCUT2D eigenvalue weighted by Crippen LogP contribution is -2.80. The molecule has 0 saturated heterocycles. The van der Waals surface area contributed by atoms with Crippen molar-refractivity contribution in [1.82, 2.24) is 0 Å². The number of benzene rings is 1. The van der Waals surface area contributed by atoms with Crippen LogP contribution in [0.3, 0.4) is 0 Å². The zero-order chi connectivity index (χ0) is 9.68. The van der Waals surface area contributed by atoms with Crippen molar-refractivity contribution in [2.75, 3.05) is 20.2 Å². The molecule has 0 amide bonds. The highest BCUT2D eigenvalue weighted by atomic mass is 35.5. The minimum Gasteiger partial charge on any atom is -0.488 e. The molecule has 4 heteroatoms. The first-order valence-corrected chi connectivity index (χ1v) is 4.85. The fourth-order valence-corrected chi connectivity index (χ4v) is 1.15. The number of halogens is 2. The average molecular weight is 221 g/mol. The zero-order valence-corrected chi connectivity index (χ0v) is 8.90. The van der Waals surface area contributed by atoms with Crippen LogP contribution in [0.5, 0.6) is 5.75 Å². The smallest absolute Gasteiger partial charge is 0.137 e. The summed E-state index contributed by atoms with van der Waals surface area (Å²) < 4.78 is 5.41. The van der Waals surface area contributed by atoms with Gasteiger partial charge in [0.05, 0.1) is 17.1 Å². The Hall–Kier alpha value is -0.440. The molecule has 1 aromatic carbocycles. The normalized spacial score (nSPS) is 10.1. The molecule has 0 aliphatic heterocycles. The van der Waals surface area contributed by atoms with Crippen molar-refractivity contribution in [3.05, 3.63) is 28.2 Å². The Bertz CT molecular complexity index is 278. The first-order chi connectivity index (χ1) is 6.24. The van der Waals surface area contributed by atoms with Gasteiger partial charge in [0.2, 0.25) is 0 Å². The van der Waals surface area contributed by atoms with Gasteiger partial charge in [0, 0.05) is 6.07 Å². The van der Waals surface area contributed by atoms with E-state index in [-0.39, 0.29) is 0 Å². The van der Waals surface area contributed by atoms with E-state index in [1.54, 1.807) is 12.1 Å². The molecule has 0 aromatic heterocycles. The van der Waals surface area contributed by atoms with Gasteiger partial charge in [-0.2, -0.15) is 0 Å². The maximum atomic E-state index is 5.81. The first-order valence-electron chi connectivity index (χ1n) is 4.09. The van der Waals surface area contributed by atoms with Crippen LogP contribution in [-0.4, -0.2) is 20.2 Å². The van der Waals surface area contributed by atoms with Crippen LogP contribution in [0.4, 0.5) is 0 Å². The Kier molecular flexibility index (Phi) is 4.36. The third-order valence-electron chi connectivity index (χ3n) is 1.57. The van der Waals surface area contributed by atoms with Crippen molar-refractivity contribution in [1.29, 1.82) is 0 Å². The van der Waals surface area contributed by atoms with Crippen LogP contribution in [0.1, 0.15) is 0 Å². The van der Waals surface area contributed by atoms with Crippen LogP contribution in [0.15, 0.2) is 18.2 Å². The van der Waals surface area contributed by atoms with Crippen LogP contribution in [0.2, 0.25) is 10.0 Å². The van der Waals surface area contributed by atoms with E-state index in [2.05, 4.69) is 5.32 Å². The van der Waals surface area contributed by atoms with Gasteiger partial charge >= 0.3 is 0 Å². The van der Waals surface area contributed by atoms with Crippen LogP contribution >= 0.6 is 23.2 Å². The highest BCUT2D eigenvalue weighted by Crippen LogP contribution is 2.25. The predicted octanol–water partition coefficient (Wildman–Crippen LogP) is 1.57. The van der Waals surface area contributed by atoms with Gasteiger partial charge in [-0.05, 0) is 12.1 Å². The summed E-state index contributed by atoms with van der Waals surface area (Å²) in [5.41, 5.74) is 0. The van der Waals surface area contributed by atoms with Gasteiger partial charge < -0.3 is 10.1 Å². The highest BCUT2D eigenvalue weighted by molar-refractivity contribution is 6.42. The molecule has 0 aliphatic rings. The number of hydrogen-bond acceptors (Lipinski definition) is 1. The molecule has 0 spiro atoms. The molecule has 72 valence electrons. The van der Waals surface area contributed by atoms with Crippen LogP contribution < -0.4 is 10.1 Å². The standard InChI is InChI=1S/C9H11Cl2NO/c1-12-4-5-13-7-2-3-8(10)9(11)6-7/h2-3,6,12H,4-5H2,1H3/p+1. The summed E-state index contributed by atoms with van der Waals surface area (Å²) in [6.07, 6.45) is 0. The van der Waals surface area contributed by atoms with E-state index in [1.165, 1.54) is 0 Å². The monoisotopic (exact) mass is 220 g/mol. The van der Waals surface area contributed by atoms with Crippen molar-refractivity contribution in [2.45, 2.75) is 0 Å². The number of hydrogen-bond donors (Lipinski definition) is 1. The van der Waals surface area contributed by atoms with Crippen molar-refractivity contribution in [3.63, 3.8) is 0 Å². The molecule has 2 N–H and O–H groups in total. The maximum Gasteiger partial charge on any atom is 0.137 e. The lowest BCUT2D eigenvalue weighted by atomic mass is 10.3. The summed E-state index contributed by atoms with van der Waals surface area (Å²) >= 11 is 11.6. The van der Waals surface area contributed by atoms with Crippen molar-refractivity contribution in [2.24, 2.45) is 0 Å². The van der Waals surface area contributed by atoms with E-state index < -0.39 is 0 Å². The number of quaternary nitrogens is 1. The molecule has 0 bridgehead atoms. The fourth-order valence-electron chi connectivity index (χ4n) is 0.861. The van der Waals surface area contributed by atoms with E-state index >= 15 is 0 Å². The molecule has 0 fully saturated rings. The van der Waals surface area contributed by atoms with Crippen LogP contribution in [-0.2, 0) is 0 Å². The molecular formula is C9H12Cl2NO+. The topological polar surface area (TPSA) is 25.8 Å². The number of ether oxygens (including phenoxy) is 1. The molecule has 1 aromatic rings. The summed E-state index contributed by atoms with van der Waals surface area (Å²) in [6.45, 7) is 1.61. The molecule has 2 nitrogen and oxygen atoms in total. The lowest BCUT2D eigenvalue weighted by Gasteiger charge is -2.04. The Morgan fingerprint density at radius 2 is 2.08 bits per heavy atom. The van der Waals surface area contributed by atoms with Crippen LogP contribution in [0.25, 0.3) is 0 Å². The van der Waals surface area contributed by atoms with Crippen molar-refractivity contribution in [3.8, 4) is 5.75 Å². The van der Waals surface area contributed by atoms with Gasteiger partial charge in [-0.3, -0.25) is 0 Å². The molecule has 0 atom stereocenters. The third kappa shape index (κ3) is 3.43. The van der Waals surface area contributed by atoms with E-state index in [0.717, 1.165) is 12.3 Å². The Morgan fingerprint density at radius 3 is 2.69 bits per heavy atom. The van der Waals surface area contributed by atoms with Crippen molar-refractivity contribution < 1.29 is 10.1 Å². The van der Waals surface area contributed by atoms with Crippen LogP contribution in [0, 0.1) is 0 Å². The second-order valence-corrected chi connectivity index (χ2v) is 3.44. The summed E-state index contributed by atoms with van der Waals surface area (Å²) in [7, 11) is 2.00. The summed E-state index contributed by atoms with van der Waals surface area (Å²) in [5, 5.41) is 3.13. The number of likely N-dealkylation sites (N-methyl/N-ethyl adjacent to an activating group) is 1. The number of rotatable bonds is 4. The lowest BCUT2D eigenvalue weighted by molar-refractivity contribution is -0.627. The minimum absolute atomic E-state index is 0.527. The van der Waals surface area contributed by atoms with E-state index in [0.29, 0.717) is 16.7 Å². The Balaban J connectivity index is 2.53. The van der Waals surface area contributed by atoms with Gasteiger partial charge in [-0.15, -0.1) is 0 Å². The molecule has 0 heterocycles. The van der Waals surface area contributed by atoms with E-state index in [4.69, 9.17) is 27.9 Å². The predicted molar refractivity (Wildman–Crippen MR) is 54.7 cm³/mol. The molecule has 0 unspecified atom stereocenters. The minimum atomic E-state index is 0.527. The van der Waals surface area contributed by atoms with E-state index in [1.807, 2.05) is 13.1 Å². The zero-order valence-electron chi connectivity index (χ0n) is 7.39. The summed E-state index contributed by atoms with van der Waals surface area (Å²) in [4.78, 5) is 0. The maximum absolute atomic E-state index is 5.81. The largest absolute Gasteiger partial charge is 0.488 e. The summed E-state index contributed by atoms with van der Waals surface area (Å²) in [5.74, 6) is 0.760. The third-order valence-corrected chi connectivity index (χ3v) is 2.31. The first kappa shape index (κ1) is 10.6. The quantitative estimate of drug-likeness (QED) is 0.767. The Morgan fingerprint density at radius 1 is 1.31 bits per heavy atom. The molecular weight excluding hydrogens is 209 g/mol. The van der Waals surface area contributed by atoms with E-state index in [9.17, 15) is 0 Å². The van der Waals surface area contributed by atoms with Gasteiger partial charge in [0.25, 0.3) is 0 Å². The highest BCUT2D eigenvalue weighted by Gasteiger charge is 1.99. The second-order valence-electron chi connectivity index (χ2n) is 2.62. The SMILES string of the molecule is C[NH2+]CCOc1ccc(Cl)c(Cl)c1. The Labute approximate surface area is 87.8 Å². The fraction of sp³-hybridized carbons (Fsp3) is 0.333. The van der Waals surface area contributed by atoms with Gasteiger partial charge in [0.15, 0.2) is 0 Å². The number of nitrogens with two attached hydrogens (primary N) is 1. The summed E-state index contributed by atoms with van der Waals surface area (Å²) in [6, 6.07) is 5.26. The molecule has 0 radical (unpaired) electrons. The molecule has 0 saturated carbocycles.